The number of rotatable bonds is 5. The fraction of sp³-hybridized carbons (Fsp3) is 0.769. The van der Waals surface area contributed by atoms with Gasteiger partial charge in [0.1, 0.15) is 0 Å². The highest BCUT2D eigenvalue weighted by Crippen LogP contribution is 2.30. The Kier molecular flexibility index (Phi) is 3.84. The van der Waals surface area contributed by atoms with Gasteiger partial charge in [-0.1, -0.05) is 20.4 Å². The number of ether oxygens (including phenoxy) is 1. The zero-order chi connectivity index (χ0) is 12.4. The highest BCUT2D eigenvalue weighted by atomic mass is 16.5. The fourth-order valence-electron chi connectivity index (χ4n) is 2.38. The van der Waals surface area contributed by atoms with E-state index < -0.39 is 0 Å². The Balaban J connectivity index is 1.75. The SMILES string of the molecule is C=C(CN1C2COCC1C2)C(=O)NCC(C)C. The maximum absolute atomic E-state index is 11.8. The van der Waals surface area contributed by atoms with Crippen LogP contribution >= 0.6 is 0 Å². The molecule has 1 amide bonds. The van der Waals surface area contributed by atoms with Crippen molar-refractivity contribution in [3.8, 4) is 0 Å². The summed E-state index contributed by atoms with van der Waals surface area (Å²) in [4.78, 5) is 14.1. The first-order valence-corrected chi connectivity index (χ1v) is 6.37. The molecule has 3 aliphatic heterocycles. The van der Waals surface area contributed by atoms with Gasteiger partial charge in [-0.3, -0.25) is 9.69 Å². The normalized spacial score (nSPS) is 27.7. The van der Waals surface area contributed by atoms with Gasteiger partial charge < -0.3 is 10.1 Å². The largest absolute Gasteiger partial charge is 0.378 e. The van der Waals surface area contributed by atoms with Gasteiger partial charge in [0.15, 0.2) is 0 Å². The summed E-state index contributed by atoms with van der Waals surface area (Å²) in [6.07, 6.45) is 1.21. The summed E-state index contributed by atoms with van der Waals surface area (Å²) in [5.74, 6) is 0.466. The number of nitrogens with zero attached hydrogens (tertiary/aromatic N) is 1. The Hall–Kier alpha value is -0.870. The van der Waals surface area contributed by atoms with Crippen molar-refractivity contribution in [2.24, 2.45) is 5.92 Å². The van der Waals surface area contributed by atoms with Crippen LogP contribution in [0.5, 0.6) is 0 Å². The Labute approximate surface area is 103 Å². The molecule has 0 aromatic heterocycles. The Bertz CT molecular complexity index is 301. The van der Waals surface area contributed by atoms with Crippen LogP contribution < -0.4 is 5.32 Å². The van der Waals surface area contributed by atoms with Crippen molar-refractivity contribution in [1.29, 1.82) is 0 Å². The first-order valence-electron chi connectivity index (χ1n) is 6.37. The molecule has 0 saturated carbocycles. The van der Waals surface area contributed by atoms with Gasteiger partial charge in [0.25, 0.3) is 0 Å². The van der Waals surface area contributed by atoms with Crippen LogP contribution in [0.1, 0.15) is 20.3 Å². The molecule has 4 heteroatoms. The minimum absolute atomic E-state index is 0.00964. The maximum Gasteiger partial charge on any atom is 0.247 e. The number of carbonyl (C=O) groups is 1. The molecule has 0 aliphatic carbocycles. The van der Waals surface area contributed by atoms with Crippen molar-refractivity contribution < 1.29 is 9.53 Å². The summed E-state index contributed by atoms with van der Waals surface area (Å²) in [5.41, 5.74) is 0.669. The summed E-state index contributed by atoms with van der Waals surface area (Å²) in [7, 11) is 0. The van der Waals surface area contributed by atoms with Crippen molar-refractivity contribution in [3.63, 3.8) is 0 Å². The van der Waals surface area contributed by atoms with E-state index in [0.717, 1.165) is 13.2 Å². The third-order valence-electron chi connectivity index (χ3n) is 3.47. The summed E-state index contributed by atoms with van der Waals surface area (Å²) < 4.78 is 5.41. The highest BCUT2D eigenvalue weighted by Gasteiger charge is 2.42. The fourth-order valence-corrected chi connectivity index (χ4v) is 2.38. The van der Waals surface area contributed by atoms with E-state index in [1.165, 1.54) is 6.42 Å². The lowest BCUT2D eigenvalue weighted by Gasteiger charge is -2.52. The smallest absolute Gasteiger partial charge is 0.247 e. The van der Waals surface area contributed by atoms with E-state index in [9.17, 15) is 4.79 Å². The number of fused-ring (bicyclic) bond motifs is 2. The molecule has 4 nitrogen and oxygen atoms in total. The van der Waals surface area contributed by atoms with Crippen LogP contribution in [0.15, 0.2) is 12.2 Å². The summed E-state index contributed by atoms with van der Waals surface area (Å²) in [5, 5.41) is 2.90. The maximum atomic E-state index is 11.8. The van der Waals surface area contributed by atoms with Gasteiger partial charge in [0.05, 0.1) is 13.2 Å². The Morgan fingerprint density at radius 2 is 2.12 bits per heavy atom. The quantitative estimate of drug-likeness (QED) is 0.720. The third kappa shape index (κ3) is 2.87. The molecule has 2 atom stereocenters. The average Bonchev–Trinajstić information content (AvgIpc) is 2.33. The van der Waals surface area contributed by atoms with E-state index in [1.54, 1.807) is 0 Å². The molecule has 17 heavy (non-hydrogen) atoms. The van der Waals surface area contributed by atoms with Crippen LogP contribution in [-0.2, 0) is 9.53 Å². The molecule has 0 radical (unpaired) electrons. The van der Waals surface area contributed by atoms with Crippen molar-refractivity contribution >= 4 is 5.91 Å². The van der Waals surface area contributed by atoms with Crippen LogP contribution in [0, 0.1) is 5.92 Å². The van der Waals surface area contributed by atoms with Crippen molar-refractivity contribution in [1.82, 2.24) is 10.2 Å². The lowest BCUT2D eigenvalue weighted by atomic mass is 9.90. The molecule has 3 rings (SSSR count). The van der Waals surface area contributed by atoms with E-state index in [-0.39, 0.29) is 5.91 Å². The molecule has 3 heterocycles. The van der Waals surface area contributed by atoms with Gasteiger partial charge in [0.2, 0.25) is 5.91 Å². The van der Waals surface area contributed by atoms with Gasteiger partial charge in [-0.05, 0) is 12.3 Å². The van der Waals surface area contributed by atoms with Crippen LogP contribution in [0.3, 0.4) is 0 Å². The molecule has 2 bridgehead atoms. The molecule has 0 aromatic rings. The second-order valence-corrected chi connectivity index (χ2v) is 5.46. The molecular formula is C13H22N2O2. The molecule has 3 saturated heterocycles. The minimum atomic E-state index is -0.00964. The molecule has 0 spiro atoms. The van der Waals surface area contributed by atoms with Gasteiger partial charge in [-0.15, -0.1) is 0 Å². The molecule has 3 fully saturated rings. The predicted molar refractivity (Wildman–Crippen MR) is 66.7 cm³/mol. The first kappa shape index (κ1) is 12.6. The second-order valence-electron chi connectivity index (χ2n) is 5.46. The number of amides is 1. The van der Waals surface area contributed by atoms with Gasteiger partial charge in [-0.25, -0.2) is 0 Å². The van der Waals surface area contributed by atoms with Crippen molar-refractivity contribution in [3.05, 3.63) is 12.2 Å². The van der Waals surface area contributed by atoms with E-state index in [1.807, 2.05) is 0 Å². The Morgan fingerprint density at radius 1 is 1.47 bits per heavy atom. The highest BCUT2D eigenvalue weighted by molar-refractivity contribution is 5.93. The van der Waals surface area contributed by atoms with E-state index in [0.29, 0.717) is 36.7 Å². The topological polar surface area (TPSA) is 41.6 Å². The molecule has 0 aromatic carbocycles. The first-order chi connectivity index (χ1) is 8.08. The monoisotopic (exact) mass is 238 g/mol. The summed E-state index contributed by atoms with van der Waals surface area (Å²) in [6, 6.07) is 1.01. The zero-order valence-electron chi connectivity index (χ0n) is 10.7. The number of carbonyl (C=O) groups excluding carboxylic acids is 1. The zero-order valence-corrected chi connectivity index (χ0v) is 10.7. The van der Waals surface area contributed by atoms with E-state index in [2.05, 4.69) is 30.6 Å². The molecule has 96 valence electrons. The van der Waals surface area contributed by atoms with Crippen molar-refractivity contribution in [2.75, 3.05) is 26.3 Å². The number of morpholine rings is 1. The van der Waals surface area contributed by atoms with Crippen LogP contribution in [0.25, 0.3) is 0 Å². The van der Waals surface area contributed by atoms with Gasteiger partial charge >= 0.3 is 0 Å². The van der Waals surface area contributed by atoms with Crippen molar-refractivity contribution in [2.45, 2.75) is 32.4 Å². The second kappa shape index (κ2) is 5.19. The standard InChI is InChI=1S/C13H22N2O2/c1-9(2)5-14-13(16)10(3)6-15-11-4-12(15)8-17-7-11/h9,11-12H,3-8H2,1-2H3,(H,14,16). The summed E-state index contributed by atoms with van der Waals surface area (Å²) >= 11 is 0. The van der Waals surface area contributed by atoms with Gasteiger partial charge in [-0.2, -0.15) is 0 Å². The average molecular weight is 238 g/mol. The molecular weight excluding hydrogens is 216 g/mol. The minimum Gasteiger partial charge on any atom is -0.378 e. The number of hydrogen-bond acceptors (Lipinski definition) is 3. The Morgan fingerprint density at radius 3 is 2.65 bits per heavy atom. The molecule has 1 N–H and O–H groups in total. The summed E-state index contributed by atoms with van der Waals surface area (Å²) in [6.45, 7) is 11.1. The number of nitrogens with one attached hydrogen (secondary N) is 1. The predicted octanol–water partition coefficient (Wildman–Crippen LogP) is 0.788. The lowest BCUT2D eigenvalue weighted by molar-refractivity contribution is -0.128. The third-order valence-corrected chi connectivity index (χ3v) is 3.47. The lowest BCUT2D eigenvalue weighted by Crippen LogP contribution is -2.64. The van der Waals surface area contributed by atoms with E-state index in [4.69, 9.17) is 4.74 Å². The van der Waals surface area contributed by atoms with Crippen LogP contribution in [-0.4, -0.2) is 49.2 Å². The van der Waals surface area contributed by atoms with Crippen LogP contribution in [0.2, 0.25) is 0 Å². The molecule has 3 aliphatic rings. The van der Waals surface area contributed by atoms with Crippen LogP contribution in [0.4, 0.5) is 0 Å². The molecule has 2 unspecified atom stereocenters. The number of hydrogen-bond donors (Lipinski definition) is 1. The van der Waals surface area contributed by atoms with E-state index >= 15 is 0 Å². The van der Waals surface area contributed by atoms with Gasteiger partial charge in [0, 0.05) is 30.7 Å².